The van der Waals surface area contributed by atoms with E-state index in [1.165, 1.54) is 0 Å². The van der Waals surface area contributed by atoms with E-state index in [2.05, 4.69) is 13.8 Å². The number of hydrogen-bond donors (Lipinski definition) is 1. The SMILES string of the molecule is CCC(N)(CC)COCCC(=O)N(C)C. The van der Waals surface area contributed by atoms with Gasteiger partial charge in [0.1, 0.15) is 0 Å². The summed E-state index contributed by atoms with van der Waals surface area (Å²) in [6.45, 7) is 5.09. The molecule has 90 valence electrons. The molecule has 0 atom stereocenters. The Labute approximate surface area is 92.8 Å². The van der Waals surface area contributed by atoms with Crippen LogP contribution in [0.4, 0.5) is 0 Å². The Kier molecular flexibility index (Phi) is 6.52. The van der Waals surface area contributed by atoms with E-state index in [0.29, 0.717) is 19.6 Å². The molecule has 0 rings (SSSR count). The Morgan fingerprint density at radius 1 is 1.33 bits per heavy atom. The van der Waals surface area contributed by atoms with Crippen molar-refractivity contribution >= 4 is 5.91 Å². The Hall–Kier alpha value is -0.610. The van der Waals surface area contributed by atoms with E-state index in [4.69, 9.17) is 10.5 Å². The van der Waals surface area contributed by atoms with E-state index < -0.39 is 0 Å². The molecule has 0 bridgehead atoms. The summed E-state index contributed by atoms with van der Waals surface area (Å²) in [5.41, 5.74) is 5.82. The smallest absolute Gasteiger partial charge is 0.224 e. The number of ether oxygens (including phenoxy) is 1. The lowest BCUT2D eigenvalue weighted by Gasteiger charge is -2.26. The summed E-state index contributed by atoms with van der Waals surface area (Å²) in [5, 5.41) is 0. The predicted molar refractivity (Wildman–Crippen MR) is 61.6 cm³/mol. The van der Waals surface area contributed by atoms with E-state index in [9.17, 15) is 4.79 Å². The Balaban J connectivity index is 3.66. The van der Waals surface area contributed by atoms with Crippen LogP contribution >= 0.6 is 0 Å². The van der Waals surface area contributed by atoms with Gasteiger partial charge in [-0.15, -0.1) is 0 Å². The average Bonchev–Trinajstić information content (AvgIpc) is 2.23. The number of amides is 1. The molecule has 4 nitrogen and oxygen atoms in total. The zero-order chi connectivity index (χ0) is 11.9. The van der Waals surface area contributed by atoms with Crippen molar-refractivity contribution in [3.8, 4) is 0 Å². The van der Waals surface area contributed by atoms with Crippen molar-refractivity contribution in [3.05, 3.63) is 0 Å². The fourth-order valence-corrected chi connectivity index (χ4v) is 1.11. The van der Waals surface area contributed by atoms with Crippen LogP contribution < -0.4 is 5.73 Å². The molecule has 0 aromatic carbocycles. The van der Waals surface area contributed by atoms with E-state index in [1.54, 1.807) is 19.0 Å². The van der Waals surface area contributed by atoms with Crippen molar-refractivity contribution in [2.75, 3.05) is 27.3 Å². The van der Waals surface area contributed by atoms with Gasteiger partial charge in [-0.25, -0.2) is 0 Å². The number of nitrogens with zero attached hydrogens (tertiary/aromatic N) is 1. The van der Waals surface area contributed by atoms with Crippen molar-refractivity contribution in [1.82, 2.24) is 4.90 Å². The van der Waals surface area contributed by atoms with E-state index in [-0.39, 0.29) is 11.4 Å². The van der Waals surface area contributed by atoms with Crippen LogP contribution in [0.2, 0.25) is 0 Å². The van der Waals surface area contributed by atoms with Crippen molar-refractivity contribution < 1.29 is 9.53 Å². The van der Waals surface area contributed by atoms with Crippen LogP contribution in [0, 0.1) is 0 Å². The molecule has 0 radical (unpaired) electrons. The standard InChI is InChI=1S/C11H24N2O2/c1-5-11(12,6-2)9-15-8-7-10(14)13(3)4/h5-9,12H2,1-4H3. The highest BCUT2D eigenvalue weighted by Gasteiger charge is 2.20. The van der Waals surface area contributed by atoms with Gasteiger partial charge in [0.05, 0.1) is 19.6 Å². The molecule has 0 heterocycles. The van der Waals surface area contributed by atoms with Gasteiger partial charge in [-0.05, 0) is 12.8 Å². The normalized spacial score (nSPS) is 11.5. The summed E-state index contributed by atoms with van der Waals surface area (Å²) in [4.78, 5) is 12.8. The molecule has 0 unspecified atom stereocenters. The van der Waals surface area contributed by atoms with Crippen LogP contribution in [0.3, 0.4) is 0 Å². The van der Waals surface area contributed by atoms with E-state index in [0.717, 1.165) is 12.8 Å². The molecule has 0 saturated heterocycles. The molecule has 0 aliphatic heterocycles. The first-order valence-corrected chi connectivity index (χ1v) is 5.52. The van der Waals surface area contributed by atoms with Crippen LogP contribution in [-0.2, 0) is 9.53 Å². The first-order valence-electron chi connectivity index (χ1n) is 5.52. The van der Waals surface area contributed by atoms with Crippen molar-refractivity contribution in [3.63, 3.8) is 0 Å². The monoisotopic (exact) mass is 216 g/mol. The topological polar surface area (TPSA) is 55.6 Å². The minimum atomic E-state index is -0.235. The van der Waals surface area contributed by atoms with Gasteiger partial charge in [0.2, 0.25) is 5.91 Å². The first-order chi connectivity index (χ1) is 6.95. The van der Waals surface area contributed by atoms with Gasteiger partial charge in [-0.2, -0.15) is 0 Å². The molecule has 1 amide bonds. The van der Waals surface area contributed by atoms with Crippen LogP contribution in [0.15, 0.2) is 0 Å². The molecule has 0 fully saturated rings. The number of carbonyl (C=O) groups excluding carboxylic acids is 1. The summed E-state index contributed by atoms with van der Waals surface area (Å²) in [6.07, 6.45) is 2.22. The molecule has 15 heavy (non-hydrogen) atoms. The Bertz CT molecular complexity index is 189. The molecule has 0 spiro atoms. The third-order valence-electron chi connectivity index (χ3n) is 2.76. The predicted octanol–water partition coefficient (Wildman–Crippen LogP) is 0.999. The molecular formula is C11H24N2O2. The van der Waals surface area contributed by atoms with Crippen molar-refractivity contribution in [2.24, 2.45) is 5.73 Å². The molecule has 4 heteroatoms. The quantitative estimate of drug-likeness (QED) is 0.646. The third-order valence-corrected chi connectivity index (χ3v) is 2.76. The highest BCUT2D eigenvalue weighted by atomic mass is 16.5. The van der Waals surface area contributed by atoms with Gasteiger partial charge in [0, 0.05) is 19.6 Å². The van der Waals surface area contributed by atoms with Gasteiger partial charge >= 0.3 is 0 Å². The van der Waals surface area contributed by atoms with Gasteiger partial charge < -0.3 is 15.4 Å². The third kappa shape index (κ3) is 5.74. The van der Waals surface area contributed by atoms with Crippen LogP contribution in [0.1, 0.15) is 33.1 Å². The Morgan fingerprint density at radius 2 is 1.87 bits per heavy atom. The molecular weight excluding hydrogens is 192 g/mol. The molecule has 0 aromatic heterocycles. The lowest BCUT2D eigenvalue weighted by molar-refractivity contribution is -0.130. The largest absolute Gasteiger partial charge is 0.379 e. The van der Waals surface area contributed by atoms with Crippen molar-refractivity contribution in [1.29, 1.82) is 0 Å². The van der Waals surface area contributed by atoms with Crippen LogP contribution in [-0.4, -0.2) is 43.7 Å². The maximum Gasteiger partial charge on any atom is 0.224 e. The summed E-state index contributed by atoms with van der Waals surface area (Å²) in [6, 6.07) is 0. The van der Waals surface area contributed by atoms with Gasteiger partial charge in [0.15, 0.2) is 0 Å². The first kappa shape index (κ1) is 14.4. The van der Waals surface area contributed by atoms with Crippen LogP contribution in [0.25, 0.3) is 0 Å². The minimum absolute atomic E-state index is 0.0885. The van der Waals surface area contributed by atoms with E-state index >= 15 is 0 Å². The maximum absolute atomic E-state index is 11.2. The fourth-order valence-electron chi connectivity index (χ4n) is 1.11. The highest BCUT2D eigenvalue weighted by molar-refractivity contribution is 5.75. The summed E-state index contributed by atoms with van der Waals surface area (Å²) >= 11 is 0. The second kappa shape index (κ2) is 6.80. The molecule has 2 N–H and O–H groups in total. The molecule has 0 aromatic rings. The average molecular weight is 216 g/mol. The van der Waals surface area contributed by atoms with Crippen molar-refractivity contribution in [2.45, 2.75) is 38.6 Å². The molecule has 0 aliphatic rings. The maximum atomic E-state index is 11.2. The molecule has 0 saturated carbocycles. The summed E-state index contributed by atoms with van der Waals surface area (Å²) in [5.74, 6) is 0.0885. The highest BCUT2D eigenvalue weighted by Crippen LogP contribution is 2.11. The summed E-state index contributed by atoms with van der Waals surface area (Å²) in [7, 11) is 3.49. The zero-order valence-corrected chi connectivity index (χ0v) is 10.4. The Morgan fingerprint density at radius 3 is 2.27 bits per heavy atom. The number of rotatable bonds is 7. The molecule has 0 aliphatic carbocycles. The van der Waals surface area contributed by atoms with Gasteiger partial charge in [0.25, 0.3) is 0 Å². The van der Waals surface area contributed by atoms with Gasteiger partial charge in [-0.3, -0.25) is 4.79 Å². The number of carbonyl (C=O) groups is 1. The number of nitrogens with two attached hydrogens (primary N) is 1. The van der Waals surface area contributed by atoms with Crippen LogP contribution in [0.5, 0.6) is 0 Å². The lowest BCUT2D eigenvalue weighted by Crippen LogP contribution is -2.43. The zero-order valence-electron chi connectivity index (χ0n) is 10.4. The van der Waals surface area contributed by atoms with Gasteiger partial charge in [-0.1, -0.05) is 13.8 Å². The summed E-state index contributed by atoms with van der Waals surface area (Å²) < 4.78 is 5.43. The number of hydrogen-bond acceptors (Lipinski definition) is 3. The second-order valence-corrected chi connectivity index (χ2v) is 4.16. The van der Waals surface area contributed by atoms with E-state index in [1.807, 2.05) is 0 Å². The fraction of sp³-hybridized carbons (Fsp3) is 0.909. The minimum Gasteiger partial charge on any atom is -0.379 e. The second-order valence-electron chi connectivity index (χ2n) is 4.16. The lowest BCUT2D eigenvalue weighted by atomic mass is 9.96.